The SMILES string of the molecule is C=C1C(=O)O[C@@H]2/C=C(/C)C[C@H](O)/C=C(/C)C[C@@H](OC(=O)[C@H](C)CC)[C@@H]12. The molecule has 0 bridgehead atoms. The molecule has 25 heavy (non-hydrogen) atoms. The van der Waals surface area contributed by atoms with Crippen molar-refractivity contribution < 1.29 is 24.2 Å². The van der Waals surface area contributed by atoms with Crippen molar-refractivity contribution in [1.82, 2.24) is 0 Å². The van der Waals surface area contributed by atoms with E-state index in [0.29, 0.717) is 24.8 Å². The first-order valence-corrected chi connectivity index (χ1v) is 8.85. The van der Waals surface area contributed by atoms with Crippen molar-refractivity contribution in [1.29, 1.82) is 0 Å². The van der Waals surface area contributed by atoms with E-state index in [-0.39, 0.29) is 11.9 Å². The fourth-order valence-electron chi connectivity index (χ4n) is 3.31. The minimum absolute atomic E-state index is 0.215. The highest BCUT2D eigenvalue weighted by atomic mass is 16.6. The van der Waals surface area contributed by atoms with Crippen LogP contribution < -0.4 is 0 Å². The molecule has 0 aromatic heterocycles. The summed E-state index contributed by atoms with van der Waals surface area (Å²) < 4.78 is 11.2. The Morgan fingerprint density at radius 3 is 2.64 bits per heavy atom. The van der Waals surface area contributed by atoms with Gasteiger partial charge in [0.05, 0.1) is 17.9 Å². The Morgan fingerprint density at radius 1 is 1.36 bits per heavy atom. The normalized spacial score (nSPS) is 35.6. The summed E-state index contributed by atoms with van der Waals surface area (Å²) >= 11 is 0. The molecule has 1 N–H and O–H groups in total. The van der Waals surface area contributed by atoms with Crippen LogP contribution in [-0.4, -0.2) is 35.4 Å². The van der Waals surface area contributed by atoms with E-state index in [2.05, 4.69) is 6.58 Å². The number of aliphatic hydroxyl groups excluding tert-OH is 1. The molecule has 138 valence electrons. The highest BCUT2D eigenvalue weighted by molar-refractivity contribution is 5.91. The number of fused-ring (bicyclic) bond motifs is 1. The van der Waals surface area contributed by atoms with Gasteiger partial charge in [-0.25, -0.2) is 4.79 Å². The van der Waals surface area contributed by atoms with E-state index in [4.69, 9.17) is 9.47 Å². The lowest BCUT2D eigenvalue weighted by Gasteiger charge is -2.28. The number of ether oxygens (including phenoxy) is 2. The van der Waals surface area contributed by atoms with Gasteiger partial charge in [-0.2, -0.15) is 0 Å². The van der Waals surface area contributed by atoms with Crippen LogP contribution in [0.2, 0.25) is 0 Å². The third-order valence-corrected chi connectivity index (χ3v) is 4.92. The molecule has 0 amide bonds. The molecule has 0 unspecified atom stereocenters. The van der Waals surface area contributed by atoms with Gasteiger partial charge in [0.25, 0.3) is 0 Å². The van der Waals surface area contributed by atoms with Crippen molar-refractivity contribution in [2.24, 2.45) is 11.8 Å². The molecule has 5 atom stereocenters. The van der Waals surface area contributed by atoms with Crippen LogP contribution in [0.5, 0.6) is 0 Å². The maximum Gasteiger partial charge on any atom is 0.334 e. The molecule has 0 spiro atoms. The standard InChI is InChI=1S/C20H28O5/c1-6-13(4)19(22)24-16-9-11(2)7-15(21)8-12(3)10-17-18(16)14(5)20(23)25-17/h7,10,13,15-18,21H,5-6,8-9H2,1-4H3/b11-7-,12-10-/t13-,15-,16-,17-,18-/m1/s1. The van der Waals surface area contributed by atoms with E-state index in [0.717, 1.165) is 11.1 Å². The van der Waals surface area contributed by atoms with Crippen LogP contribution >= 0.6 is 0 Å². The highest BCUT2D eigenvalue weighted by Gasteiger charge is 2.44. The van der Waals surface area contributed by atoms with Crippen LogP contribution in [0.25, 0.3) is 0 Å². The van der Waals surface area contributed by atoms with Crippen molar-refractivity contribution in [3.63, 3.8) is 0 Å². The van der Waals surface area contributed by atoms with Gasteiger partial charge in [-0.05, 0) is 32.8 Å². The molecule has 1 aliphatic carbocycles. The number of aliphatic hydroxyl groups is 1. The van der Waals surface area contributed by atoms with Gasteiger partial charge in [0.1, 0.15) is 12.2 Å². The summed E-state index contributed by atoms with van der Waals surface area (Å²) in [5.41, 5.74) is 2.17. The first-order chi connectivity index (χ1) is 11.7. The van der Waals surface area contributed by atoms with Gasteiger partial charge in [-0.15, -0.1) is 0 Å². The number of rotatable bonds is 3. The molecule has 2 rings (SSSR count). The molecular weight excluding hydrogens is 320 g/mol. The van der Waals surface area contributed by atoms with Gasteiger partial charge in [0.2, 0.25) is 0 Å². The molecule has 1 heterocycles. The first kappa shape index (κ1) is 19.4. The lowest BCUT2D eigenvalue weighted by molar-refractivity contribution is -0.156. The average molecular weight is 348 g/mol. The Bertz CT molecular complexity index is 616. The Morgan fingerprint density at radius 2 is 2.00 bits per heavy atom. The second-order valence-electron chi connectivity index (χ2n) is 7.21. The number of carbonyl (C=O) groups excluding carboxylic acids is 2. The van der Waals surface area contributed by atoms with Crippen molar-refractivity contribution in [2.75, 3.05) is 0 Å². The van der Waals surface area contributed by atoms with Gasteiger partial charge in [-0.1, -0.05) is 37.6 Å². The maximum absolute atomic E-state index is 12.3. The molecule has 5 heteroatoms. The molecule has 0 radical (unpaired) electrons. The molecule has 0 aromatic carbocycles. The molecule has 1 fully saturated rings. The summed E-state index contributed by atoms with van der Waals surface area (Å²) in [5, 5.41) is 10.2. The average Bonchev–Trinajstić information content (AvgIpc) is 2.78. The molecular formula is C20H28O5. The van der Waals surface area contributed by atoms with Gasteiger partial charge in [0.15, 0.2) is 0 Å². The van der Waals surface area contributed by atoms with E-state index in [1.807, 2.05) is 33.8 Å². The van der Waals surface area contributed by atoms with E-state index in [9.17, 15) is 14.7 Å². The zero-order valence-electron chi connectivity index (χ0n) is 15.5. The third-order valence-electron chi connectivity index (χ3n) is 4.92. The fourth-order valence-corrected chi connectivity index (χ4v) is 3.31. The quantitative estimate of drug-likeness (QED) is 0.482. The summed E-state index contributed by atoms with van der Waals surface area (Å²) in [6, 6.07) is 0. The second kappa shape index (κ2) is 8.00. The first-order valence-electron chi connectivity index (χ1n) is 8.85. The molecule has 1 saturated heterocycles. The van der Waals surface area contributed by atoms with Crippen LogP contribution in [0, 0.1) is 11.8 Å². The summed E-state index contributed by atoms with van der Waals surface area (Å²) in [5.74, 6) is -1.36. The van der Waals surface area contributed by atoms with Crippen molar-refractivity contribution in [3.05, 3.63) is 35.5 Å². The van der Waals surface area contributed by atoms with Gasteiger partial charge in [0, 0.05) is 12.0 Å². The number of hydrogen-bond acceptors (Lipinski definition) is 5. The number of hydrogen-bond donors (Lipinski definition) is 1. The Kier molecular flexibility index (Phi) is 6.22. The summed E-state index contributed by atoms with van der Waals surface area (Å²) in [7, 11) is 0. The monoisotopic (exact) mass is 348 g/mol. The Labute approximate surface area is 149 Å². The smallest absolute Gasteiger partial charge is 0.334 e. The number of carbonyl (C=O) groups is 2. The molecule has 0 aromatic rings. The molecule has 1 aliphatic heterocycles. The minimum Gasteiger partial charge on any atom is -0.461 e. The third kappa shape index (κ3) is 4.60. The second-order valence-corrected chi connectivity index (χ2v) is 7.21. The Balaban J connectivity index is 2.39. The molecule has 0 saturated carbocycles. The predicted molar refractivity (Wildman–Crippen MR) is 94.6 cm³/mol. The van der Waals surface area contributed by atoms with Crippen LogP contribution in [0.15, 0.2) is 35.5 Å². The topological polar surface area (TPSA) is 72.8 Å². The zero-order valence-corrected chi connectivity index (χ0v) is 15.5. The lowest BCUT2D eigenvalue weighted by Crippen LogP contribution is -2.35. The predicted octanol–water partition coefficient (Wildman–Crippen LogP) is 3.09. The largest absolute Gasteiger partial charge is 0.461 e. The lowest BCUT2D eigenvalue weighted by atomic mass is 9.85. The van der Waals surface area contributed by atoms with Crippen LogP contribution in [0.4, 0.5) is 0 Å². The molecule has 5 nitrogen and oxygen atoms in total. The summed E-state index contributed by atoms with van der Waals surface area (Å²) in [6.45, 7) is 11.4. The highest BCUT2D eigenvalue weighted by Crippen LogP contribution is 2.36. The van der Waals surface area contributed by atoms with Crippen LogP contribution in [0.3, 0.4) is 0 Å². The maximum atomic E-state index is 12.3. The van der Waals surface area contributed by atoms with Crippen molar-refractivity contribution >= 4 is 11.9 Å². The van der Waals surface area contributed by atoms with Gasteiger partial charge >= 0.3 is 11.9 Å². The van der Waals surface area contributed by atoms with Gasteiger partial charge < -0.3 is 14.6 Å². The van der Waals surface area contributed by atoms with Crippen molar-refractivity contribution in [3.8, 4) is 0 Å². The minimum atomic E-state index is -0.612. The summed E-state index contributed by atoms with van der Waals surface area (Å²) in [6.07, 6.45) is 3.53. The molecule has 2 aliphatic rings. The van der Waals surface area contributed by atoms with Crippen LogP contribution in [0.1, 0.15) is 47.0 Å². The van der Waals surface area contributed by atoms with E-state index >= 15 is 0 Å². The van der Waals surface area contributed by atoms with Crippen LogP contribution in [-0.2, 0) is 19.1 Å². The zero-order chi connectivity index (χ0) is 18.7. The van der Waals surface area contributed by atoms with E-state index < -0.39 is 30.2 Å². The number of esters is 2. The van der Waals surface area contributed by atoms with E-state index in [1.165, 1.54) is 0 Å². The Hall–Kier alpha value is -1.88. The summed E-state index contributed by atoms with van der Waals surface area (Å²) in [4.78, 5) is 24.4. The van der Waals surface area contributed by atoms with E-state index in [1.54, 1.807) is 6.08 Å². The van der Waals surface area contributed by atoms with Gasteiger partial charge in [-0.3, -0.25) is 4.79 Å². The fraction of sp³-hybridized carbons (Fsp3) is 0.600. The van der Waals surface area contributed by atoms with Crippen molar-refractivity contribution in [2.45, 2.75) is 65.3 Å².